The monoisotopic (exact) mass is 210 g/mol. The van der Waals surface area contributed by atoms with Crippen molar-refractivity contribution in [3.63, 3.8) is 0 Å². The lowest BCUT2D eigenvalue weighted by Gasteiger charge is -1.98. The van der Waals surface area contributed by atoms with Crippen molar-refractivity contribution in [2.24, 2.45) is 0 Å². The quantitative estimate of drug-likeness (QED) is 0.534. The fourth-order valence-electron chi connectivity index (χ4n) is 0.957. The third-order valence-corrected chi connectivity index (χ3v) is 2.36. The molecule has 0 saturated heterocycles. The molecule has 0 amide bonds. The van der Waals surface area contributed by atoms with Gasteiger partial charge in [-0.3, -0.25) is 0 Å². The third kappa shape index (κ3) is 2.99. The molecule has 68 valence electrons. The van der Waals surface area contributed by atoms with Gasteiger partial charge in [0.05, 0.1) is 0 Å². The van der Waals surface area contributed by atoms with E-state index in [1.165, 1.54) is 0 Å². The Morgan fingerprint density at radius 1 is 1.46 bits per heavy atom. The van der Waals surface area contributed by atoms with Crippen LogP contribution in [0, 0.1) is 18.8 Å². The molecule has 13 heavy (non-hydrogen) atoms. The molecule has 0 aliphatic rings. The molecule has 0 nitrogen and oxygen atoms in total. The van der Waals surface area contributed by atoms with E-state index >= 15 is 0 Å². The second kappa shape index (κ2) is 5.21. The van der Waals surface area contributed by atoms with E-state index in [0.29, 0.717) is 0 Å². The zero-order valence-corrected chi connectivity index (χ0v) is 9.12. The van der Waals surface area contributed by atoms with Gasteiger partial charge in [0.15, 0.2) is 0 Å². The molecule has 1 aromatic carbocycles. The summed E-state index contributed by atoms with van der Waals surface area (Å²) in [7, 11) is 0. The van der Waals surface area contributed by atoms with E-state index in [1.54, 1.807) is 0 Å². The summed E-state index contributed by atoms with van der Waals surface area (Å²) in [6.07, 6.45) is 0.815. The summed E-state index contributed by atoms with van der Waals surface area (Å²) in [6, 6.07) is 5.77. The van der Waals surface area contributed by atoms with E-state index in [1.807, 2.05) is 25.1 Å². The second-order valence-corrected chi connectivity index (χ2v) is 3.54. The van der Waals surface area contributed by atoms with E-state index < -0.39 is 0 Å². The first-order chi connectivity index (χ1) is 6.25. The maximum absolute atomic E-state index is 5.94. The molecule has 0 saturated carbocycles. The van der Waals surface area contributed by atoms with Gasteiger partial charge >= 0.3 is 0 Å². The Hall–Kier alpha value is -0.580. The number of benzene rings is 1. The van der Waals surface area contributed by atoms with Crippen LogP contribution < -0.4 is 0 Å². The maximum Gasteiger partial charge on any atom is 0.0447 e. The Morgan fingerprint density at radius 2 is 2.23 bits per heavy atom. The fourth-order valence-corrected chi connectivity index (χ4v) is 1.24. The molecule has 0 atom stereocenters. The van der Waals surface area contributed by atoms with Crippen LogP contribution in [0.25, 0.3) is 0 Å². The average molecular weight is 211 g/mol. The van der Waals surface area contributed by atoms with Crippen molar-refractivity contribution in [1.29, 1.82) is 0 Å². The van der Waals surface area contributed by atoms with Crippen LogP contribution >= 0.6 is 24.2 Å². The molecule has 0 N–H and O–H groups in total. The van der Waals surface area contributed by atoms with Gasteiger partial charge < -0.3 is 0 Å². The summed E-state index contributed by atoms with van der Waals surface area (Å²) >= 11 is 10.0. The van der Waals surface area contributed by atoms with Gasteiger partial charge in [-0.25, -0.2) is 0 Å². The standard InChI is InChI=1S/C11H11ClS/c1-9-10(5-2-3-8-13)6-4-7-11(9)12/h4,6-7,13H,3,8H2,1H3. The van der Waals surface area contributed by atoms with E-state index in [9.17, 15) is 0 Å². The number of halogens is 1. The van der Waals surface area contributed by atoms with Gasteiger partial charge in [-0.05, 0) is 24.6 Å². The molecule has 0 radical (unpaired) electrons. The second-order valence-electron chi connectivity index (χ2n) is 2.69. The molecule has 1 aromatic rings. The highest BCUT2D eigenvalue weighted by atomic mass is 35.5. The van der Waals surface area contributed by atoms with Gasteiger partial charge in [0, 0.05) is 22.8 Å². The summed E-state index contributed by atoms with van der Waals surface area (Å²) in [6.45, 7) is 1.98. The summed E-state index contributed by atoms with van der Waals surface area (Å²) in [5.41, 5.74) is 2.06. The zero-order chi connectivity index (χ0) is 9.68. The van der Waals surface area contributed by atoms with Gasteiger partial charge in [0.25, 0.3) is 0 Å². The largest absolute Gasteiger partial charge is 0.178 e. The highest BCUT2D eigenvalue weighted by Gasteiger charge is 1.97. The summed E-state index contributed by atoms with van der Waals surface area (Å²) < 4.78 is 0. The first-order valence-electron chi connectivity index (χ1n) is 4.10. The SMILES string of the molecule is Cc1c(Cl)cccc1C#CCCS. The smallest absolute Gasteiger partial charge is 0.0447 e. The predicted octanol–water partition coefficient (Wildman–Crippen LogP) is 3.32. The molecular formula is C11H11ClS. The molecule has 1 rings (SSSR count). The van der Waals surface area contributed by atoms with Crippen molar-refractivity contribution in [3.05, 3.63) is 34.3 Å². The average Bonchev–Trinajstić information content (AvgIpc) is 2.13. The van der Waals surface area contributed by atoms with E-state index in [4.69, 9.17) is 11.6 Å². The third-order valence-electron chi connectivity index (χ3n) is 1.73. The van der Waals surface area contributed by atoms with E-state index in [-0.39, 0.29) is 0 Å². The van der Waals surface area contributed by atoms with Crippen LogP contribution in [-0.4, -0.2) is 5.75 Å². The molecule has 0 aromatic heterocycles. The van der Waals surface area contributed by atoms with Crippen LogP contribution in [0.1, 0.15) is 17.5 Å². The Morgan fingerprint density at radius 3 is 2.92 bits per heavy atom. The van der Waals surface area contributed by atoms with E-state index in [0.717, 1.165) is 28.3 Å². The van der Waals surface area contributed by atoms with Crippen LogP contribution in [0.2, 0.25) is 5.02 Å². The molecule has 0 spiro atoms. The first-order valence-corrected chi connectivity index (χ1v) is 5.11. The van der Waals surface area contributed by atoms with Crippen molar-refractivity contribution < 1.29 is 0 Å². The highest BCUT2D eigenvalue weighted by Crippen LogP contribution is 2.17. The zero-order valence-electron chi connectivity index (χ0n) is 7.47. The van der Waals surface area contributed by atoms with Gasteiger partial charge in [-0.15, -0.1) is 0 Å². The van der Waals surface area contributed by atoms with Gasteiger partial charge in [0.2, 0.25) is 0 Å². The fraction of sp³-hybridized carbons (Fsp3) is 0.273. The number of rotatable bonds is 1. The van der Waals surface area contributed by atoms with Gasteiger partial charge in [0.1, 0.15) is 0 Å². The predicted molar refractivity (Wildman–Crippen MR) is 61.5 cm³/mol. The molecule has 0 aliphatic heterocycles. The van der Waals surface area contributed by atoms with Crippen molar-refractivity contribution in [1.82, 2.24) is 0 Å². The van der Waals surface area contributed by atoms with Crippen molar-refractivity contribution in [2.75, 3.05) is 5.75 Å². The summed E-state index contributed by atoms with van der Waals surface area (Å²) in [5.74, 6) is 6.90. The molecule has 0 unspecified atom stereocenters. The molecule has 0 bridgehead atoms. The molecule has 0 heterocycles. The maximum atomic E-state index is 5.94. The van der Waals surface area contributed by atoms with Gasteiger partial charge in [-0.2, -0.15) is 12.6 Å². The Bertz CT molecular complexity index is 347. The Balaban J connectivity index is 2.91. The minimum absolute atomic E-state index is 0.776. The van der Waals surface area contributed by atoms with Crippen LogP contribution in [0.3, 0.4) is 0 Å². The van der Waals surface area contributed by atoms with E-state index in [2.05, 4.69) is 24.5 Å². The number of hydrogen-bond donors (Lipinski definition) is 1. The number of thiol groups is 1. The summed E-state index contributed by atoms with van der Waals surface area (Å²) in [5, 5.41) is 0.776. The first kappa shape index (κ1) is 10.5. The van der Waals surface area contributed by atoms with Crippen LogP contribution in [0.5, 0.6) is 0 Å². The van der Waals surface area contributed by atoms with Crippen molar-refractivity contribution in [3.8, 4) is 11.8 Å². The lowest BCUT2D eigenvalue weighted by molar-refractivity contribution is 1.31. The minimum Gasteiger partial charge on any atom is -0.178 e. The van der Waals surface area contributed by atoms with Crippen LogP contribution in [-0.2, 0) is 0 Å². The van der Waals surface area contributed by atoms with Gasteiger partial charge in [-0.1, -0.05) is 29.5 Å². The van der Waals surface area contributed by atoms with Crippen LogP contribution in [0.4, 0.5) is 0 Å². The molecular weight excluding hydrogens is 200 g/mol. The topological polar surface area (TPSA) is 0 Å². The number of hydrogen-bond acceptors (Lipinski definition) is 1. The molecule has 2 heteroatoms. The normalized spacial score (nSPS) is 9.15. The summed E-state index contributed by atoms with van der Waals surface area (Å²) in [4.78, 5) is 0. The Kier molecular flexibility index (Phi) is 4.21. The van der Waals surface area contributed by atoms with Crippen molar-refractivity contribution in [2.45, 2.75) is 13.3 Å². The minimum atomic E-state index is 0.776. The van der Waals surface area contributed by atoms with Crippen molar-refractivity contribution >= 4 is 24.2 Å². The lowest BCUT2D eigenvalue weighted by Crippen LogP contribution is -1.82. The Labute approximate surface area is 89.7 Å². The highest BCUT2D eigenvalue weighted by molar-refractivity contribution is 7.80. The molecule has 0 aliphatic carbocycles. The van der Waals surface area contributed by atoms with Crippen LogP contribution in [0.15, 0.2) is 18.2 Å². The lowest BCUT2D eigenvalue weighted by atomic mass is 10.1. The molecule has 0 fully saturated rings.